The molecule has 1 aromatic rings. The summed E-state index contributed by atoms with van der Waals surface area (Å²) in [6.45, 7) is 3.15. The molecule has 0 saturated heterocycles. The molecule has 0 aliphatic carbocycles. The number of carboxylic acid groups (broad SMARTS) is 2. The molecule has 0 aliphatic heterocycles. The zero-order chi connectivity index (χ0) is 12.5. The summed E-state index contributed by atoms with van der Waals surface area (Å²) in [6.07, 6.45) is 0. The molecular formula is C11H10O5. The normalized spacial score (nSPS) is 9.88. The predicted molar refractivity (Wildman–Crippen MR) is 54.8 cm³/mol. The van der Waals surface area contributed by atoms with Crippen molar-refractivity contribution in [2.75, 3.05) is 0 Å². The van der Waals surface area contributed by atoms with Crippen molar-refractivity contribution in [2.24, 2.45) is 0 Å². The molecule has 16 heavy (non-hydrogen) atoms. The number of aryl methyl sites for hydroxylation is 2. The fraction of sp³-hybridized carbons (Fsp3) is 0.182. The van der Waals surface area contributed by atoms with E-state index in [-0.39, 0.29) is 11.1 Å². The van der Waals surface area contributed by atoms with Crippen LogP contribution in [0.15, 0.2) is 12.1 Å². The summed E-state index contributed by atoms with van der Waals surface area (Å²) < 4.78 is 0. The van der Waals surface area contributed by atoms with Gasteiger partial charge in [0.1, 0.15) is 0 Å². The van der Waals surface area contributed by atoms with E-state index < -0.39 is 17.7 Å². The van der Waals surface area contributed by atoms with Gasteiger partial charge in [-0.3, -0.25) is 4.79 Å². The quantitative estimate of drug-likeness (QED) is 0.593. The summed E-state index contributed by atoms with van der Waals surface area (Å²) in [5.74, 6) is -3.87. The van der Waals surface area contributed by atoms with Crippen molar-refractivity contribution in [1.29, 1.82) is 0 Å². The van der Waals surface area contributed by atoms with Gasteiger partial charge >= 0.3 is 11.9 Å². The summed E-state index contributed by atoms with van der Waals surface area (Å²) in [5.41, 5.74) is 0.799. The van der Waals surface area contributed by atoms with E-state index in [4.69, 9.17) is 10.2 Å². The lowest BCUT2D eigenvalue weighted by Crippen LogP contribution is -2.15. The van der Waals surface area contributed by atoms with Crippen molar-refractivity contribution in [3.05, 3.63) is 34.4 Å². The summed E-state index contributed by atoms with van der Waals surface area (Å²) in [7, 11) is 0. The van der Waals surface area contributed by atoms with Crippen LogP contribution in [0.3, 0.4) is 0 Å². The molecule has 5 heteroatoms. The highest BCUT2D eigenvalue weighted by atomic mass is 16.4. The van der Waals surface area contributed by atoms with E-state index in [1.807, 2.05) is 0 Å². The molecule has 0 atom stereocenters. The number of carbonyl (C=O) groups is 3. The molecule has 2 N–H and O–H groups in total. The minimum absolute atomic E-state index is 0.0600. The third-order valence-electron chi connectivity index (χ3n) is 2.24. The molecule has 0 unspecified atom stereocenters. The van der Waals surface area contributed by atoms with Crippen molar-refractivity contribution >= 4 is 17.7 Å². The molecule has 0 saturated carbocycles. The van der Waals surface area contributed by atoms with Gasteiger partial charge in [-0.2, -0.15) is 0 Å². The van der Waals surface area contributed by atoms with Gasteiger partial charge < -0.3 is 10.2 Å². The van der Waals surface area contributed by atoms with Crippen molar-refractivity contribution < 1.29 is 24.6 Å². The smallest absolute Gasteiger partial charge is 0.377 e. The van der Waals surface area contributed by atoms with Gasteiger partial charge in [0.25, 0.3) is 5.78 Å². The lowest BCUT2D eigenvalue weighted by molar-refractivity contribution is -0.131. The Bertz CT molecular complexity index is 487. The third-order valence-corrected chi connectivity index (χ3v) is 2.24. The summed E-state index contributed by atoms with van der Waals surface area (Å²) in [5, 5.41) is 17.4. The van der Waals surface area contributed by atoms with Crippen molar-refractivity contribution in [1.82, 2.24) is 0 Å². The lowest BCUT2D eigenvalue weighted by Gasteiger charge is -2.06. The Hall–Kier alpha value is -2.17. The van der Waals surface area contributed by atoms with Gasteiger partial charge in [0.15, 0.2) is 0 Å². The van der Waals surface area contributed by atoms with Gasteiger partial charge in [-0.05, 0) is 31.0 Å². The zero-order valence-corrected chi connectivity index (χ0v) is 8.77. The Morgan fingerprint density at radius 3 is 1.88 bits per heavy atom. The van der Waals surface area contributed by atoms with Crippen LogP contribution < -0.4 is 0 Å². The zero-order valence-electron chi connectivity index (χ0n) is 8.77. The minimum Gasteiger partial charge on any atom is -0.478 e. The lowest BCUT2D eigenvalue weighted by atomic mass is 9.97. The van der Waals surface area contributed by atoms with Crippen LogP contribution in [-0.4, -0.2) is 27.9 Å². The highest BCUT2D eigenvalue weighted by Gasteiger charge is 2.20. The van der Waals surface area contributed by atoms with Crippen molar-refractivity contribution in [3.8, 4) is 0 Å². The van der Waals surface area contributed by atoms with Gasteiger partial charge in [0, 0.05) is 5.56 Å². The number of Topliss-reactive ketones (excluding diaryl/α,β-unsaturated/α-hetero) is 1. The van der Waals surface area contributed by atoms with Crippen LogP contribution in [0.2, 0.25) is 0 Å². The monoisotopic (exact) mass is 222 g/mol. The maximum atomic E-state index is 11.3. The number of hydrogen-bond donors (Lipinski definition) is 2. The molecule has 84 valence electrons. The topological polar surface area (TPSA) is 91.7 Å². The van der Waals surface area contributed by atoms with Crippen LogP contribution >= 0.6 is 0 Å². The second-order valence-corrected chi connectivity index (χ2v) is 3.42. The van der Waals surface area contributed by atoms with Crippen LogP contribution in [0.1, 0.15) is 31.8 Å². The van der Waals surface area contributed by atoms with Gasteiger partial charge in [-0.15, -0.1) is 0 Å². The number of benzene rings is 1. The number of ketones is 1. The first-order chi connectivity index (χ1) is 7.34. The standard InChI is InChI=1S/C11H10O5/c1-5-3-6(2)8(10(13)14)4-7(5)9(12)11(15)16/h3-4H,1-2H3,(H,13,14)(H,15,16). The molecule has 5 nitrogen and oxygen atoms in total. The first-order valence-corrected chi connectivity index (χ1v) is 4.46. The Morgan fingerprint density at radius 1 is 0.938 bits per heavy atom. The third kappa shape index (κ3) is 2.08. The molecule has 0 aromatic heterocycles. The first-order valence-electron chi connectivity index (χ1n) is 4.46. The van der Waals surface area contributed by atoms with Crippen LogP contribution in [0.5, 0.6) is 0 Å². The number of aromatic carboxylic acids is 1. The van der Waals surface area contributed by atoms with E-state index in [1.54, 1.807) is 13.8 Å². The molecule has 1 rings (SSSR count). The van der Waals surface area contributed by atoms with E-state index in [0.717, 1.165) is 6.07 Å². The van der Waals surface area contributed by atoms with Crippen LogP contribution in [0.4, 0.5) is 0 Å². The Labute approximate surface area is 91.3 Å². The van der Waals surface area contributed by atoms with E-state index in [1.165, 1.54) is 6.07 Å². The highest BCUT2D eigenvalue weighted by Crippen LogP contribution is 2.16. The predicted octanol–water partition coefficient (Wildman–Crippen LogP) is 1.27. The summed E-state index contributed by atoms with van der Waals surface area (Å²) in [4.78, 5) is 32.6. The molecule has 0 heterocycles. The average Bonchev–Trinajstić information content (AvgIpc) is 2.16. The maximum Gasteiger partial charge on any atom is 0.377 e. The largest absolute Gasteiger partial charge is 0.478 e. The fourth-order valence-electron chi connectivity index (χ4n) is 1.44. The maximum absolute atomic E-state index is 11.3. The van der Waals surface area contributed by atoms with Gasteiger partial charge in [-0.25, -0.2) is 9.59 Å². The van der Waals surface area contributed by atoms with Gasteiger partial charge in [-0.1, -0.05) is 6.07 Å². The summed E-state index contributed by atoms with van der Waals surface area (Å²) in [6, 6.07) is 2.59. The van der Waals surface area contributed by atoms with Crippen LogP contribution in [0.25, 0.3) is 0 Å². The minimum atomic E-state index is -1.59. The second-order valence-electron chi connectivity index (χ2n) is 3.42. The van der Waals surface area contributed by atoms with Crippen LogP contribution in [-0.2, 0) is 4.79 Å². The number of hydrogen-bond acceptors (Lipinski definition) is 3. The molecular weight excluding hydrogens is 212 g/mol. The number of carbonyl (C=O) groups excluding carboxylic acids is 1. The molecule has 0 spiro atoms. The Kier molecular flexibility index (Phi) is 3.08. The highest BCUT2D eigenvalue weighted by molar-refractivity contribution is 6.40. The average molecular weight is 222 g/mol. The Morgan fingerprint density at radius 2 is 1.44 bits per heavy atom. The second kappa shape index (κ2) is 4.14. The molecule has 0 amide bonds. The SMILES string of the molecule is Cc1cc(C)c(C(=O)C(=O)O)cc1C(=O)O. The molecule has 1 aromatic carbocycles. The van der Waals surface area contributed by atoms with Crippen LogP contribution in [0, 0.1) is 13.8 Å². The molecule has 0 fully saturated rings. The van der Waals surface area contributed by atoms with Crippen molar-refractivity contribution in [2.45, 2.75) is 13.8 Å². The number of aliphatic carboxylic acids is 1. The van der Waals surface area contributed by atoms with E-state index in [2.05, 4.69) is 0 Å². The number of carboxylic acids is 2. The molecule has 0 radical (unpaired) electrons. The van der Waals surface area contributed by atoms with E-state index in [9.17, 15) is 14.4 Å². The summed E-state index contributed by atoms with van der Waals surface area (Å²) >= 11 is 0. The molecule has 0 aliphatic rings. The fourth-order valence-corrected chi connectivity index (χ4v) is 1.44. The van der Waals surface area contributed by atoms with Gasteiger partial charge in [0.05, 0.1) is 5.56 Å². The first kappa shape index (κ1) is 11.9. The Balaban J connectivity index is 3.41. The van der Waals surface area contributed by atoms with E-state index in [0.29, 0.717) is 11.1 Å². The van der Waals surface area contributed by atoms with E-state index >= 15 is 0 Å². The van der Waals surface area contributed by atoms with Gasteiger partial charge in [0.2, 0.25) is 0 Å². The molecule has 0 bridgehead atoms. The number of rotatable bonds is 3. The van der Waals surface area contributed by atoms with Crippen molar-refractivity contribution in [3.63, 3.8) is 0 Å².